The highest BCUT2D eigenvalue weighted by Crippen LogP contribution is 2.05. The second kappa shape index (κ2) is 8.64. The van der Waals surface area contributed by atoms with Gasteiger partial charge in [0.15, 0.2) is 0 Å². The van der Waals surface area contributed by atoms with Crippen LogP contribution in [0.25, 0.3) is 0 Å². The van der Waals surface area contributed by atoms with E-state index in [1.54, 1.807) is 24.3 Å². The van der Waals surface area contributed by atoms with E-state index >= 15 is 0 Å². The van der Waals surface area contributed by atoms with Gasteiger partial charge in [-0.15, -0.1) is 0 Å². The molecule has 0 aliphatic carbocycles. The van der Waals surface area contributed by atoms with Gasteiger partial charge in [0.1, 0.15) is 0 Å². The van der Waals surface area contributed by atoms with Crippen molar-refractivity contribution in [1.82, 2.24) is 15.6 Å². The topological polar surface area (TPSA) is 104 Å². The molecule has 1 aromatic carbocycles. The Morgan fingerprint density at radius 3 is 2.22 bits per heavy atom. The molecule has 1 rings (SSSR count). The quantitative estimate of drug-likeness (QED) is 0.631. The summed E-state index contributed by atoms with van der Waals surface area (Å²) in [5.41, 5.74) is 6.04. The number of nitrogens with one attached hydrogen (secondary N) is 3. The lowest BCUT2D eigenvalue weighted by atomic mass is 10.1. The highest BCUT2D eigenvalue weighted by Gasteiger charge is 2.08. The van der Waals surface area contributed by atoms with Gasteiger partial charge in [-0.05, 0) is 30.0 Å². The number of carbonyl (C=O) groups excluding carboxylic acids is 2. The van der Waals surface area contributed by atoms with Gasteiger partial charge in [0.25, 0.3) is 5.91 Å². The zero-order valence-electron chi connectivity index (χ0n) is 13.5. The van der Waals surface area contributed by atoms with E-state index in [1.807, 2.05) is 13.8 Å². The molecule has 0 atom stereocenters. The minimum Gasteiger partial charge on any atom is -0.273 e. The molecule has 0 fully saturated rings. The van der Waals surface area contributed by atoms with Crippen LogP contribution >= 0.6 is 0 Å². The van der Waals surface area contributed by atoms with Crippen molar-refractivity contribution >= 4 is 21.8 Å². The van der Waals surface area contributed by atoms with Crippen LogP contribution in [0, 0.1) is 5.92 Å². The van der Waals surface area contributed by atoms with Crippen LogP contribution in [0.3, 0.4) is 0 Å². The summed E-state index contributed by atoms with van der Waals surface area (Å²) in [5, 5.41) is 0. The molecule has 0 unspecified atom stereocenters. The van der Waals surface area contributed by atoms with Crippen LogP contribution in [0.1, 0.15) is 36.2 Å². The Morgan fingerprint density at radius 1 is 1.09 bits per heavy atom. The molecule has 7 nitrogen and oxygen atoms in total. The molecule has 0 spiro atoms. The van der Waals surface area contributed by atoms with Gasteiger partial charge >= 0.3 is 0 Å². The van der Waals surface area contributed by atoms with Gasteiger partial charge in [0.05, 0.1) is 6.26 Å². The molecule has 0 aliphatic rings. The second-order valence-electron chi connectivity index (χ2n) is 5.71. The lowest BCUT2D eigenvalue weighted by molar-refractivity contribution is -0.122. The lowest BCUT2D eigenvalue weighted by Crippen LogP contribution is -2.42. The molecule has 23 heavy (non-hydrogen) atoms. The van der Waals surface area contributed by atoms with Gasteiger partial charge in [-0.3, -0.25) is 20.4 Å². The third kappa shape index (κ3) is 8.32. The molecule has 0 saturated heterocycles. The van der Waals surface area contributed by atoms with Gasteiger partial charge in [-0.25, -0.2) is 13.1 Å². The molecule has 2 amide bonds. The fourth-order valence-corrected chi connectivity index (χ4v) is 2.30. The van der Waals surface area contributed by atoms with Gasteiger partial charge < -0.3 is 0 Å². The van der Waals surface area contributed by atoms with Crippen molar-refractivity contribution in [1.29, 1.82) is 0 Å². The number of hydrogen-bond donors (Lipinski definition) is 3. The molecule has 128 valence electrons. The predicted octanol–water partition coefficient (Wildman–Crippen LogP) is 0.585. The van der Waals surface area contributed by atoms with E-state index in [-0.39, 0.29) is 11.8 Å². The zero-order valence-corrected chi connectivity index (χ0v) is 14.4. The molecule has 0 bridgehead atoms. The maximum absolute atomic E-state index is 11.9. The van der Waals surface area contributed by atoms with Crippen molar-refractivity contribution < 1.29 is 18.0 Å². The van der Waals surface area contributed by atoms with Gasteiger partial charge in [-0.2, -0.15) is 0 Å². The SMILES string of the molecule is CC(C)CC(=O)NNC(=O)c1ccc(CCNS(C)(=O)=O)cc1. The molecule has 0 aromatic heterocycles. The summed E-state index contributed by atoms with van der Waals surface area (Å²) in [5.74, 6) is -0.425. The summed E-state index contributed by atoms with van der Waals surface area (Å²) in [6, 6.07) is 6.74. The van der Waals surface area contributed by atoms with Gasteiger partial charge in [-0.1, -0.05) is 26.0 Å². The van der Waals surface area contributed by atoms with Crippen LogP contribution in [0.4, 0.5) is 0 Å². The molecule has 0 aliphatic heterocycles. The second-order valence-corrected chi connectivity index (χ2v) is 7.55. The predicted molar refractivity (Wildman–Crippen MR) is 88.1 cm³/mol. The average Bonchev–Trinajstić information content (AvgIpc) is 2.43. The monoisotopic (exact) mass is 341 g/mol. The Labute approximate surface area is 136 Å². The van der Waals surface area contributed by atoms with Crippen LogP contribution in [-0.2, 0) is 21.2 Å². The largest absolute Gasteiger partial charge is 0.273 e. The number of amides is 2. The number of hydrazine groups is 1. The fourth-order valence-electron chi connectivity index (χ4n) is 1.82. The smallest absolute Gasteiger partial charge is 0.269 e. The fraction of sp³-hybridized carbons (Fsp3) is 0.467. The van der Waals surface area contributed by atoms with E-state index in [1.165, 1.54) is 0 Å². The summed E-state index contributed by atoms with van der Waals surface area (Å²) >= 11 is 0. The third-order valence-corrected chi connectivity index (χ3v) is 3.63. The van der Waals surface area contributed by atoms with Crippen molar-refractivity contribution in [2.24, 2.45) is 5.92 Å². The minimum atomic E-state index is -3.19. The average molecular weight is 341 g/mol. The molecular formula is C15H23N3O4S. The standard InChI is InChI=1S/C15H23N3O4S/c1-11(2)10-14(19)17-18-15(20)13-6-4-12(5-7-13)8-9-16-23(3,21)22/h4-7,11,16H,8-10H2,1-3H3,(H,17,19)(H,18,20). The Hall–Kier alpha value is -1.93. The molecule has 0 saturated carbocycles. The van der Waals surface area contributed by atoms with Crippen LogP contribution in [0.15, 0.2) is 24.3 Å². The molecular weight excluding hydrogens is 318 g/mol. The van der Waals surface area contributed by atoms with E-state index in [2.05, 4.69) is 15.6 Å². The summed E-state index contributed by atoms with van der Waals surface area (Å²) in [6.07, 6.45) is 1.97. The van der Waals surface area contributed by atoms with Crippen LogP contribution in [0.5, 0.6) is 0 Å². The molecule has 3 N–H and O–H groups in total. The highest BCUT2D eigenvalue weighted by molar-refractivity contribution is 7.88. The molecule has 0 radical (unpaired) electrons. The summed E-state index contributed by atoms with van der Waals surface area (Å²) in [4.78, 5) is 23.3. The molecule has 8 heteroatoms. The van der Waals surface area contributed by atoms with Crippen molar-refractivity contribution in [3.8, 4) is 0 Å². The highest BCUT2D eigenvalue weighted by atomic mass is 32.2. The minimum absolute atomic E-state index is 0.215. The first-order chi connectivity index (χ1) is 10.7. The van der Waals surface area contributed by atoms with Crippen molar-refractivity contribution in [3.63, 3.8) is 0 Å². The van der Waals surface area contributed by atoms with Crippen LogP contribution in [-0.4, -0.2) is 33.0 Å². The summed E-state index contributed by atoms with van der Waals surface area (Å²) in [6.45, 7) is 4.13. The summed E-state index contributed by atoms with van der Waals surface area (Å²) in [7, 11) is -3.19. The lowest BCUT2D eigenvalue weighted by Gasteiger charge is -2.09. The Balaban J connectivity index is 2.46. The van der Waals surface area contributed by atoms with Gasteiger partial charge in [0, 0.05) is 18.5 Å². The van der Waals surface area contributed by atoms with E-state index < -0.39 is 15.9 Å². The van der Waals surface area contributed by atoms with Crippen molar-refractivity contribution in [2.75, 3.05) is 12.8 Å². The molecule has 1 aromatic rings. The first kappa shape index (κ1) is 19.1. The number of hydrogen-bond acceptors (Lipinski definition) is 4. The van der Waals surface area contributed by atoms with Crippen LogP contribution < -0.4 is 15.6 Å². The van der Waals surface area contributed by atoms with Crippen molar-refractivity contribution in [3.05, 3.63) is 35.4 Å². The van der Waals surface area contributed by atoms with E-state index in [0.717, 1.165) is 11.8 Å². The van der Waals surface area contributed by atoms with Crippen LogP contribution in [0.2, 0.25) is 0 Å². The number of benzene rings is 1. The normalized spacial score (nSPS) is 11.3. The number of rotatable bonds is 7. The van der Waals surface area contributed by atoms with E-state index in [0.29, 0.717) is 24.9 Å². The first-order valence-electron chi connectivity index (χ1n) is 7.30. The third-order valence-electron chi connectivity index (χ3n) is 2.90. The van der Waals surface area contributed by atoms with E-state index in [9.17, 15) is 18.0 Å². The Kier molecular flexibility index (Phi) is 7.18. The summed E-state index contributed by atoms with van der Waals surface area (Å²) < 4.78 is 24.3. The first-order valence-corrected chi connectivity index (χ1v) is 9.19. The molecule has 0 heterocycles. The Morgan fingerprint density at radius 2 is 1.70 bits per heavy atom. The Bertz CT molecular complexity index is 639. The van der Waals surface area contributed by atoms with Gasteiger partial charge in [0.2, 0.25) is 15.9 Å². The number of sulfonamides is 1. The van der Waals surface area contributed by atoms with Crippen molar-refractivity contribution in [2.45, 2.75) is 26.7 Å². The van der Waals surface area contributed by atoms with E-state index in [4.69, 9.17) is 0 Å². The number of carbonyl (C=O) groups is 2. The zero-order chi connectivity index (χ0) is 17.5. The maximum atomic E-state index is 11.9. The maximum Gasteiger partial charge on any atom is 0.269 e.